The van der Waals surface area contributed by atoms with Crippen LogP contribution in [0.25, 0.3) is 0 Å². The van der Waals surface area contributed by atoms with Crippen molar-refractivity contribution < 1.29 is 9.50 Å². The molecule has 0 radical (unpaired) electrons. The smallest absolute Gasteiger partial charge is 0.123 e. The highest BCUT2D eigenvalue weighted by atomic mass is 19.1. The number of benzene rings is 1. The number of rotatable bonds is 2. The van der Waals surface area contributed by atoms with Crippen molar-refractivity contribution in [3.8, 4) is 0 Å². The minimum atomic E-state index is -0.632. The highest BCUT2D eigenvalue weighted by molar-refractivity contribution is 5.55. The normalized spacial score (nSPS) is 25.4. The Kier molecular flexibility index (Phi) is 3.46. The summed E-state index contributed by atoms with van der Waals surface area (Å²) in [6.07, 6.45) is 1.90. The Morgan fingerprint density at radius 1 is 1.32 bits per heavy atom. The van der Waals surface area contributed by atoms with Crippen molar-refractivity contribution in [2.24, 2.45) is 0 Å². The van der Waals surface area contributed by atoms with Crippen molar-refractivity contribution in [1.29, 1.82) is 0 Å². The summed E-state index contributed by atoms with van der Waals surface area (Å²) in [5.74, 6) is -0.279. The molecule has 0 amide bonds. The summed E-state index contributed by atoms with van der Waals surface area (Å²) < 4.78 is 13.4. The molecular formula is C15H21FN2O. The van der Waals surface area contributed by atoms with Crippen LogP contribution in [-0.2, 0) is 0 Å². The average molecular weight is 264 g/mol. The van der Waals surface area contributed by atoms with Crippen LogP contribution in [0.2, 0.25) is 0 Å². The number of anilines is 1. The van der Waals surface area contributed by atoms with Crippen molar-refractivity contribution >= 4 is 5.69 Å². The fourth-order valence-electron chi connectivity index (χ4n) is 3.36. The molecule has 2 unspecified atom stereocenters. The van der Waals surface area contributed by atoms with Gasteiger partial charge < -0.3 is 10.0 Å². The van der Waals surface area contributed by atoms with Gasteiger partial charge in [0.15, 0.2) is 0 Å². The SMILES string of the molecule is CC(O)c1cc(F)ccc1N1CCN2CCCC2C1. The van der Waals surface area contributed by atoms with Crippen LogP contribution in [0.1, 0.15) is 31.4 Å². The Balaban J connectivity index is 1.85. The molecule has 2 atom stereocenters. The number of halogens is 1. The molecule has 0 bridgehead atoms. The summed E-state index contributed by atoms with van der Waals surface area (Å²) in [5.41, 5.74) is 1.69. The monoisotopic (exact) mass is 264 g/mol. The van der Waals surface area contributed by atoms with Crippen LogP contribution in [0.3, 0.4) is 0 Å². The first-order valence-electron chi connectivity index (χ1n) is 7.11. The number of hydrogen-bond donors (Lipinski definition) is 1. The second-order valence-corrected chi connectivity index (χ2v) is 5.66. The molecule has 19 heavy (non-hydrogen) atoms. The third-order valence-corrected chi connectivity index (χ3v) is 4.37. The van der Waals surface area contributed by atoms with E-state index in [-0.39, 0.29) is 5.82 Å². The predicted octanol–water partition coefficient (Wildman–Crippen LogP) is 2.16. The van der Waals surface area contributed by atoms with Crippen molar-refractivity contribution in [3.05, 3.63) is 29.6 Å². The molecule has 2 aliphatic heterocycles. The van der Waals surface area contributed by atoms with Gasteiger partial charge in [-0.1, -0.05) is 0 Å². The Hall–Kier alpha value is -1.13. The maximum absolute atomic E-state index is 13.4. The third kappa shape index (κ3) is 2.47. The maximum Gasteiger partial charge on any atom is 0.123 e. The molecule has 2 saturated heterocycles. The van der Waals surface area contributed by atoms with Gasteiger partial charge in [-0.25, -0.2) is 4.39 Å². The first-order chi connectivity index (χ1) is 9.15. The van der Waals surface area contributed by atoms with Gasteiger partial charge in [-0.3, -0.25) is 4.90 Å². The molecule has 0 saturated carbocycles. The van der Waals surface area contributed by atoms with Crippen molar-refractivity contribution in [2.45, 2.75) is 31.9 Å². The first kappa shape index (κ1) is 12.9. The van der Waals surface area contributed by atoms with Crippen LogP contribution in [0.4, 0.5) is 10.1 Å². The molecule has 1 N–H and O–H groups in total. The van der Waals surface area contributed by atoms with Gasteiger partial charge in [0.05, 0.1) is 6.10 Å². The number of aliphatic hydroxyl groups excluding tert-OH is 1. The molecule has 3 rings (SSSR count). The second-order valence-electron chi connectivity index (χ2n) is 5.66. The lowest BCUT2D eigenvalue weighted by atomic mass is 10.0. The summed E-state index contributed by atoms with van der Waals surface area (Å²) in [7, 11) is 0. The van der Waals surface area contributed by atoms with Crippen molar-refractivity contribution in [1.82, 2.24) is 4.90 Å². The van der Waals surface area contributed by atoms with E-state index in [1.807, 2.05) is 6.07 Å². The minimum absolute atomic E-state index is 0.279. The Morgan fingerprint density at radius 3 is 2.95 bits per heavy atom. The van der Waals surface area contributed by atoms with Crippen LogP contribution in [0.15, 0.2) is 18.2 Å². The molecule has 2 heterocycles. The highest BCUT2D eigenvalue weighted by Gasteiger charge is 2.31. The number of nitrogens with zero attached hydrogens (tertiary/aromatic N) is 2. The van der Waals surface area contributed by atoms with Gasteiger partial charge in [-0.2, -0.15) is 0 Å². The van der Waals surface area contributed by atoms with E-state index in [0.29, 0.717) is 11.6 Å². The lowest BCUT2D eigenvalue weighted by Gasteiger charge is -2.39. The fraction of sp³-hybridized carbons (Fsp3) is 0.600. The first-order valence-corrected chi connectivity index (χ1v) is 7.11. The Bertz CT molecular complexity index is 463. The summed E-state index contributed by atoms with van der Waals surface area (Å²) >= 11 is 0. The van der Waals surface area contributed by atoms with Crippen LogP contribution in [0, 0.1) is 5.82 Å². The van der Waals surface area contributed by atoms with E-state index in [4.69, 9.17) is 0 Å². The van der Waals surface area contributed by atoms with Gasteiger partial charge in [0, 0.05) is 36.9 Å². The average Bonchev–Trinajstić information content (AvgIpc) is 2.85. The molecule has 3 nitrogen and oxygen atoms in total. The summed E-state index contributed by atoms with van der Waals surface area (Å²) in [5, 5.41) is 9.84. The van der Waals surface area contributed by atoms with Crippen LogP contribution in [-0.4, -0.2) is 42.2 Å². The molecule has 1 aromatic carbocycles. The van der Waals surface area contributed by atoms with Gasteiger partial charge in [0.1, 0.15) is 5.82 Å². The standard InChI is InChI=1S/C15H21FN2O/c1-11(19)14-9-12(16)4-5-15(14)18-8-7-17-6-2-3-13(17)10-18/h4-5,9,11,13,19H,2-3,6-8,10H2,1H3. The molecule has 0 aliphatic carbocycles. The zero-order valence-electron chi connectivity index (χ0n) is 11.3. The molecule has 2 aliphatic rings. The Labute approximate surface area is 113 Å². The van der Waals surface area contributed by atoms with Gasteiger partial charge in [0.2, 0.25) is 0 Å². The number of hydrogen-bond acceptors (Lipinski definition) is 3. The zero-order chi connectivity index (χ0) is 13.4. The van der Waals surface area contributed by atoms with E-state index in [2.05, 4.69) is 9.80 Å². The second kappa shape index (κ2) is 5.10. The molecule has 1 aromatic rings. The van der Waals surface area contributed by atoms with Crippen LogP contribution >= 0.6 is 0 Å². The lowest BCUT2D eigenvalue weighted by Crippen LogP contribution is -2.50. The third-order valence-electron chi connectivity index (χ3n) is 4.37. The Morgan fingerprint density at radius 2 is 2.16 bits per heavy atom. The number of fused-ring (bicyclic) bond motifs is 1. The molecule has 104 valence electrons. The van der Waals surface area contributed by atoms with Gasteiger partial charge in [-0.05, 0) is 44.5 Å². The minimum Gasteiger partial charge on any atom is -0.389 e. The summed E-state index contributed by atoms with van der Waals surface area (Å²) in [6, 6.07) is 5.38. The quantitative estimate of drug-likeness (QED) is 0.887. The molecule has 0 spiro atoms. The molecular weight excluding hydrogens is 243 g/mol. The van der Waals surface area contributed by atoms with Gasteiger partial charge in [-0.15, -0.1) is 0 Å². The van der Waals surface area contributed by atoms with E-state index < -0.39 is 6.10 Å². The molecule has 2 fully saturated rings. The van der Waals surface area contributed by atoms with E-state index in [0.717, 1.165) is 25.3 Å². The van der Waals surface area contributed by atoms with Crippen molar-refractivity contribution in [2.75, 3.05) is 31.1 Å². The zero-order valence-corrected chi connectivity index (χ0v) is 11.3. The fourth-order valence-corrected chi connectivity index (χ4v) is 3.36. The molecule has 4 heteroatoms. The lowest BCUT2D eigenvalue weighted by molar-refractivity contribution is 0.197. The van der Waals surface area contributed by atoms with E-state index in [9.17, 15) is 9.50 Å². The van der Waals surface area contributed by atoms with E-state index in [1.54, 1.807) is 6.92 Å². The van der Waals surface area contributed by atoms with Crippen molar-refractivity contribution in [3.63, 3.8) is 0 Å². The summed E-state index contributed by atoms with van der Waals surface area (Å²) in [4.78, 5) is 4.84. The van der Waals surface area contributed by atoms with E-state index >= 15 is 0 Å². The summed E-state index contributed by atoms with van der Waals surface area (Å²) in [6.45, 7) is 5.93. The largest absolute Gasteiger partial charge is 0.389 e. The van der Waals surface area contributed by atoms with E-state index in [1.165, 1.54) is 31.5 Å². The van der Waals surface area contributed by atoms with Gasteiger partial charge in [0.25, 0.3) is 0 Å². The topological polar surface area (TPSA) is 26.7 Å². The molecule has 0 aromatic heterocycles. The van der Waals surface area contributed by atoms with Crippen LogP contribution in [0.5, 0.6) is 0 Å². The highest BCUT2D eigenvalue weighted by Crippen LogP contribution is 2.31. The number of aliphatic hydroxyl groups is 1. The van der Waals surface area contributed by atoms with Gasteiger partial charge >= 0.3 is 0 Å². The van der Waals surface area contributed by atoms with Crippen LogP contribution < -0.4 is 4.90 Å². The predicted molar refractivity (Wildman–Crippen MR) is 73.8 cm³/mol. The number of piperazine rings is 1. The maximum atomic E-state index is 13.4.